The van der Waals surface area contributed by atoms with Gasteiger partial charge in [-0.05, 0) is 50.9 Å². The first-order valence-corrected chi connectivity index (χ1v) is 10.8. The molecule has 5 rings (SSSR count). The van der Waals surface area contributed by atoms with Gasteiger partial charge in [0, 0.05) is 23.7 Å². The Morgan fingerprint density at radius 1 is 1.22 bits per heavy atom. The van der Waals surface area contributed by atoms with Crippen LogP contribution in [0.5, 0.6) is 5.75 Å². The van der Waals surface area contributed by atoms with Crippen LogP contribution in [0.4, 0.5) is 8.78 Å². The summed E-state index contributed by atoms with van der Waals surface area (Å²) in [6.07, 6.45) is 2.60. The number of ether oxygens (including phenoxy) is 1. The number of alkyl halides is 2. The number of hydrogen-bond acceptors (Lipinski definition) is 5. The van der Waals surface area contributed by atoms with E-state index in [0.717, 1.165) is 30.2 Å². The van der Waals surface area contributed by atoms with Gasteiger partial charge in [0.2, 0.25) is 0 Å². The molecule has 1 amide bonds. The fourth-order valence-corrected chi connectivity index (χ4v) is 5.09. The van der Waals surface area contributed by atoms with Gasteiger partial charge < -0.3 is 15.0 Å². The highest BCUT2D eigenvalue weighted by atomic mass is 19.3. The number of amides is 1. The Hall–Kier alpha value is -3.07. The molecule has 1 aromatic carbocycles. The Morgan fingerprint density at radius 2 is 1.94 bits per heavy atom. The molecule has 2 aliphatic rings. The monoisotopic (exact) mass is 441 g/mol. The van der Waals surface area contributed by atoms with E-state index in [1.165, 1.54) is 19.4 Å². The molecule has 7 nitrogen and oxygen atoms in total. The van der Waals surface area contributed by atoms with Crippen molar-refractivity contribution in [3.8, 4) is 17.0 Å². The molecular weight excluding hydrogens is 416 g/mol. The lowest BCUT2D eigenvalue weighted by atomic mass is 9.98. The zero-order valence-corrected chi connectivity index (χ0v) is 18.0. The molecule has 9 heteroatoms. The second-order valence-electron chi connectivity index (χ2n) is 8.55. The Morgan fingerprint density at radius 3 is 2.62 bits per heavy atom. The van der Waals surface area contributed by atoms with Gasteiger partial charge in [0.05, 0.1) is 19.0 Å². The van der Waals surface area contributed by atoms with E-state index >= 15 is 0 Å². The van der Waals surface area contributed by atoms with Gasteiger partial charge in [0.1, 0.15) is 17.0 Å². The van der Waals surface area contributed by atoms with Gasteiger partial charge in [0.15, 0.2) is 5.65 Å². The lowest BCUT2D eigenvalue weighted by Gasteiger charge is -2.36. The highest BCUT2D eigenvalue weighted by Gasteiger charge is 2.39. The van der Waals surface area contributed by atoms with Crippen LogP contribution in [-0.4, -0.2) is 57.7 Å². The number of rotatable bonds is 5. The van der Waals surface area contributed by atoms with Crippen LogP contribution >= 0.6 is 0 Å². The van der Waals surface area contributed by atoms with Crippen LogP contribution in [0.3, 0.4) is 0 Å². The molecule has 168 valence electrons. The molecule has 1 N–H and O–H groups in total. The van der Waals surface area contributed by atoms with E-state index < -0.39 is 6.43 Å². The zero-order chi connectivity index (χ0) is 22.4. The number of halogens is 2. The van der Waals surface area contributed by atoms with Crippen molar-refractivity contribution in [3.05, 3.63) is 47.8 Å². The van der Waals surface area contributed by atoms with E-state index in [-0.39, 0.29) is 28.9 Å². The summed E-state index contributed by atoms with van der Waals surface area (Å²) in [7, 11) is 3.65. The third-order valence-corrected chi connectivity index (χ3v) is 6.78. The van der Waals surface area contributed by atoms with Crippen molar-refractivity contribution in [1.82, 2.24) is 24.8 Å². The molecule has 0 spiro atoms. The minimum absolute atomic E-state index is 0.0538. The maximum absolute atomic E-state index is 13.9. The summed E-state index contributed by atoms with van der Waals surface area (Å²) in [5, 5.41) is 7.15. The van der Waals surface area contributed by atoms with Gasteiger partial charge in [-0.15, -0.1) is 0 Å². The van der Waals surface area contributed by atoms with Gasteiger partial charge >= 0.3 is 0 Å². The number of hydrogen-bond donors (Lipinski definition) is 1. The van der Waals surface area contributed by atoms with E-state index in [9.17, 15) is 13.6 Å². The smallest absolute Gasteiger partial charge is 0.280 e. The second kappa shape index (κ2) is 8.12. The molecule has 0 aliphatic carbocycles. The first-order chi connectivity index (χ1) is 15.5. The quantitative estimate of drug-likeness (QED) is 0.654. The number of carbonyl (C=O) groups is 1. The third-order valence-electron chi connectivity index (χ3n) is 6.78. The lowest BCUT2D eigenvalue weighted by Crippen LogP contribution is -2.48. The van der Waals surface area contributed by atoms with Crippen molar-refractivity contribution in [2.75, 3.05) is 14.2 Å². The molecule has 32 heavy (non-hydrogen) atoms. The predicted octanol–water partition coefficient (Wildman–Crippen LogP) is 3.70. The maximum atomic E-state index is 13.9. The number of piperidine rings is 1. The molecular formula is C23H25F2N5O2. The average Bonchev–Trinajstić information content (AvgIpc) is 3.29. The van der Waals surface area contributed by atoms with Crippen molar-refractivity contribution in [3.63, 3.8) is 0 Å². The molecule has 4 heterocycles. The number of nitrogens with zero attached hydrogens (tertiary/aromatic N) is 4. The van der Waals surface area contributed by atoms with Crippen LogP contribution in [0.1, 0.15) is 48.2 Å². The summed E-state index contributed by atoms with van der Waals surface area (Å²) < 4.78 is 34.2. The molecule has 0 saturated carbocycles. The van der Waals surface area contributed by atoms with Crippen molar-refractivity contribution < 1.29 is 18.3 Å². The Labute approximate surface area is 184 Å². The number of nitrogens with one attached hydrogen (secondary N) is 1. The summed E-state index contributed by atoms with van der Waals surface area (Å²) in [6, 6.07) is 9.36. The van der Waals surface area contributed by atoms with Gasteiger partial charge in [-0.1, -0.05) is 12.1 Å². The molecule has 2 bridgehead atoms. The molecule has 0 unspecified atom stereocenters. The topological polar surface area (TPSA) is 71.8 Å². The van der Waals surface area contributed by atoms with Crippen molar-refractivity contribution in [1.29, 1.82) is 0 Å². The predicted molar refractivity (Wildman–Crippen MR) is 115 cm³/mol. The number of benzene rings is 1. The van der Waals surface area contributed by atoms with Gasteiger partial charge in [-0.2, -0.15) is 5.10 Å². The highest BCUT2D eigenvalue weighted by Crippen LogP contribution is 2.35. The minimum atomic E-state index is -2.78. The standard InChI is InChI=1S/C23H25F2N5O2/c1-29-14-7-8-15(29)10-13(9-14)27-23(31)17-12-26-30-19(21(24)25)11-18(28-22(17)30)16-5-3-4-6-20(16)32-2/h3-6,11-15,21H,7-10H2,1-2H3,(H,27,31)/t14-,15-/m0/s1. The summed E-state index contributed by atoms with van der Waals surface area (Å²) in [4.78, 5) is 20.1. The molecule has 0 radical (unpaired) electrons. The summed E-state index contributed by atoms with van der Waals surface area (Å²) in [6.45, 7) is 0. The van der Waals surface area contributed by atoms with Crippen molar-refractivity contribution >= 4 is 11.6 Å². The molecule has 2 atom stereocenters. The van der Waals surface area contributed by atoms with Crippen LogP contribution < -0.4 is 10.1 Å². The van der Waals surface area contributed by atoms with E-state index in [1.807, 2.05) is 0 Å². The summed E-state index contributed by atoms with van der Waals surface area (Å²) >= 11 is 0. The normalized spacial score (nSPS) is 23.1. The number of methoxy groups -OCH3 is 1. The van der Waals surface area contributed by atoms with Gasteiger partial charge in [-0.25, -0.2) is 18.3 Å². The van der Waals surface area contributed by atoms with E-state index in [2.05, 4.69) is 27.3 Å². The van der Waals surface area contributed by atoms with E-state index in [1.54, 1.807) is 24.3 Å². The van der Waals surface area contributed by atoms with E-state index in [0.29, 0.717) is 29.1 Å². The molecule has 3 aromatic rings. The fourth-order valence-electron chi connectivity index (χ4n) is 5.09. The lowest BCUT2D eigenvalue weighted by molar-refractivity contribution is 0.0883. The number of fused-ring (bicyclic) bond motifs is 3. The average molecular weight is 441 g/mol. The van der Waals surface area contributed by atoms with E-state index in [4.69, 9.17) is 4.74 Å². The number of para-hydroxylation sites is 1. The third kappa shape index (κ3) is 3.50. The molecule has 2 aliphatic heterocycles. The van der Waals surface area contributed by atoms with Crippen LogP contribution in [-0.2, 0) is 0 Å². The number of carbonyl (C=O) groups excluding carboxylic acids is 1. The SMILES string of the molecule is COc1ccccc1-c1cc(C(F)F)n2ncc(C(=O)NC3C[C@@H]4CC[C@@H](C3)N4C)c2n1. The largest absolute Gasteiger partial charge is 0.496 e. The molecule has 2 aromatic heterocycles. The molecule has 2 fully saturated rings. The van der Waals surface area contributed by atoms with Crippen molar-refractivity contribution in [2.24, 2.45) is 0 Å². The molecule has 2 saturated heterocycles. The summed E-state index contributed by atoms with van der Waals surface area (Å²) in [5.41, 5.74) is 0.843. The minimum Gasteiger partial charge on any atom is -0.496 e. The highest BCUT2D eigenvalue weighted by molar-refractivity contribution is 6.00. The fraction of sp³-hybridized carbons (Fsp3) is 0.435. The zero-order valence-electron chi connectivity index (χ0n) is 18.0. The van der Waals surface area contributed by atoms with Crippen LogP contribution in [0.25, 0.3) is 16.9 Å². The van der Waals surface area contributed by atoms with Crippen LogP contribution in [0.15, 0.2) is 36.5 Å². The van der Waals surface area contributed by atoms with Gasteiger partial charge in [0.25, 0.3) is 12.3 Å². The Kier molecular flexibility index (Phi) is 5.28. The first-order valence-electron chi connectivity index (χ1n) is 10.8. The van der Waals surface area contributed by atoms with Crippen molar-refractivity contribution in [2.45, 2.75) is 50.2 Å². The number of aromatic nitrogens is 3. The maximum Gasteiger partial charge on any atom is 0.280 e. The summed E-state index contributed by atoms with van der Waals surface area (Å²) in [5.74, 6) is 0.177. The second-order valence-corrected chi connectivity index (χ2v) is 8.55. The van der Waals surface area contributed by atoms with Gasteiger partial charge in [-0.3, -0.25) is 4.79 Å². The van der Waals surface area contributed by atoms with Crippen LogP contribution in [0, 0.1) is 0 Å². The Balaban J connectivity index is 1.51. The first kappa shape index (κ1) is 20.8. The van der Waals surface area contributed by atoms with Crippen LogP contribution in [0.2, 0.25) is 0 Å². The Bertz CT molecular complexity index is 1150.